The second-order valence-electron chi connectivity index (χ2n) is 7.25. The van der Waals surface area contributed by atoms with E-state index < -0.39 is 0 Å². The van der Waals surface area contributed by atoms with E-state index >= 15 is 0 Å². The zero-order chi connectivity index (χ0) is 18.5. The van der Waals surface area contributed by atoms with E-state index in [1.807, 2.05) is 18.5 Å². The van der Waals surface area contributed by atoms with E-state index in [0.717, 1.165) is 12.8 Å². The van der Waals surface area contributed by atoms with Gasteiger partial charge in [-0.2, -0.15) is 0 Å². The number of carbonyl (C=O) groups excluding carboxylic acids is 1. The summed E-state index contributed by atoms with van der Waals surface area (Å²) in [6.07, 6.45) is 16.9. The SMILES string of the molecule is CCCCCCCCCCCC(=O)[n+]1ccc(Cc2ccccc2)cc1. The lowest BCUT2D eigenvalue weighted by atomic mass is 10.1. The molecular weight excluding hydrogens is 318 g/mol. The highest BCUT2D eigenvalue weighted by molar-refractivity contribution is 5.66. The Morgan fingerprint density at radius 2 is 1.27 bits per heavy atom. The van der Waals surface area contributed by atoms with Crippen LogP contribution in [-0.2, 0) is 6.42 Å². The normalized spacial score (nSPS) is 10.8. The summed E-state index contributed by atoms with van der Waals surface area (Å²) in [6, 6.07) is 14.5. The first-order chi connectivity index (χ1) is 12.8. The van der Waals surface area contributed by atoms with Crippen molar-refractivity contribution in [1.82, 2.24) is 0 Å². The second kappa shape index (κ2) is 12.4. The fraction of sp³-hybridized carbons (Fsp3) is 0.500. The van der Waals surface area contributed by atoms with Crippen molar-refractivity contribution >= 4 is 5.91 Å². The summed E-state index contributed by atoms with van der Waals surface area (Å²) < 4.78 is 1.74. The zero-order valence-electron chi connectivity index (χ0n) is 16.3. The Morgan fingerprint density at radius 3 is 1.88 bits per heavy atom. The fourth-order valence-electron chi connectivity index (χ4n) is 3.29. The summed E-state index contributed by atoms with van der Waals surface area (Å²) in [5, 5.41) is 0. The van der Waals surface area contributed by atoms with Gasteiger partial charge in [-0.25, -0.2) is 4.79 Å². The van der Waals surface area contributed by atoms with Crippen LogP contribution in [-0.4, -0.2) is 5.91 Å². The molecule has 0 bridgehead atoms. The van der Waals surface area contributed by atoms with E-state index in [9.17, 15) is 4.79 Å². The van der Waals surface area contributed by atoms with Crippen molar-refractivity contribution in [3.63, 3.8) is 0 Å². The van der Waals surface area contributed by atoms with Gasteiger partial charge in [0.25, 0.3) is 0 Å². The number of hydrogen-bond acceptors (Lipinski definition) is 1. The van der Waals surface area contributed by atoms with Crippen molar-refractivity contribution in [3.05, 3.63) is 66.0 Å². The summed E-state index contributed by atoms with van der Waals surface area (Å²) in [5.41, 5.74) is 2.54. The topological polar surface area (TPSA) is 20.9 Å². The molecule has 2 rings (SSSR count). The molecule has 1 heterocycles. The maximum Gasteiger partial charge on any atom is 0.392 e. The minimum atomic E-state index is 0.208. The van der Waals surface area contributed by atoms with Crippen LogP contribution in [0, 0.1) is 0 Å². The third kappa shape index (κ3) is 7.95. The summed E-state index contributed by atoms with van der Waals surface area (Å²) >= 11 is 0. The molecule has 1 aromatic heterocycles. The molecule has 2 heteroatoms. The largest absolute Gasteiger partial charge is 0.392 e. The Morgan fingerprint density at radius 1 is 0.731 bits per heavy atom. The van der Waals surface area contributed by atoms with Crippen LogP contribution in [0.3, 0.4) is 0 Å². The monoisotopic (exact) mass is 352 g/mol. The molecule has 0 saturated heterocycles. The van der Waals surface area contributed by atoms with Crippen LogP contribution in [0.25, 0.3) is 0 Å². The maximum absolute atomic E-state index is 12.3. The van der Waals surface area contributed by atoms with Gasteiger partial charge in [0.15, 0.2) is 12.4 Å². The predicted molar refractivity (Wildman–Crippen MR) is 108 cm³/mol. The van der Waals surface area contributed by atoms with Gasteiger partial charge in [0.1, 0.15) is 0 Å². The molecule has 2 aromatic rings. The molecule has 0 aliphatic rings. The Kier molecular flexibility index (Phi) is 9.71. The van der Waals surface area contributed by atoms with Crippen molar-refractivity contribution < 1.29 is 9.36 Å². The van der Waals surface area contributed by atoms with Crippen molar-refractivity contribution in [2.24, 2.45) is 0 Å². The number of rotatable bonds is 12. The molecule has 0 aliphatic carbocycles. The minimum Gasteiger partial charge on any atom is -0.219 e. The number of hydrogen-bond donors (Lipinski definition) is 0. The maximum atomic E-state index is 12.3. The quantitative estimate of drug-likeness (QED) is 0.333. The fourth-order valence-corrected chi connectivity index (χ4v) is 3.29. The number of unbranched alkanes of at least 4 members (excludes halogenated alkanes) is 8. The van der Waals surface area contributed by atoms with Crippen molar-refractivity contribution in [1.29, 1.82) is 0 Å². The zero-order valence-corrected chi connectivity index (χ0v) is 16.3. The standard InChI is InChI=1S/C24H34NO/c1-2-3-4-5-6-7-8-9-13-16-24(26)25-19-17-23(18-20-25)21-22-14-11-10-12-15-22/h10-12,14-15,17-20H,2-9,13,16,21H2,1H3/q+1. The molecule has 140 valence electrons. The molecular formula is C24H34NO+. The molecule has 0 unspecified atom stereocenters. The Bertz CT molecular complexity index is 618. The van der Waals surface area contributed by atoms with Crippen LogP contribution in [0.1, 0.15) is 87.1 Å². The first-order valence-electron chi connectivity index (χ1n) is 10.4. The third-order valence-electron chi connectivity index (χ3n) is 4.93. The molecule has 0 saturated carbocycles. The minimum absolute atomic E-state index is 0.208. The third-order valence-corrected chi connectivity index (χ3v) is 4.93. The van der Waals surface area contributed by atoms with Gasteiger partial charge in [-0.05, 0) is 24.0 Å². The smallest absolute Gasteiger partial charge is 0.219 e. The number of carbonyl (C=O) groups is 1. The van der Waals surface area contributed by atoms with Gasteiger partial charge in [-0.1, -0.05) is 88.6 Å². The molecule has 0 amide bonds. The summed E-state index contributed by atoms with van der Waals surface area (Å²) in [5.74, 6) is 0.208. The first-order valence-corrected chi connectivity index (χ1v) is 10.4. The van der Waals surface area contributed by atoms with E-state index in [4.69, 9.17) is 0 Å². The lowest BCUT2D eigenvalue weighted by Gasteiger charge is -2.02. The molecule has 0 N–H and O–H groups in total. The van der Waals surface area contributed by atoms with Crippen LogP contribution in [0.5, 0.6) is 0 Å². The van der Waals surface area contributed by atoms with Gasteiger partial charge >= 0.3 is 5.91 Å². The van der Waals surface area contributed by atoms with Gasteiger partial charge < -0.3 is 0 Å². The average molecular weight is 353 g/mol. The van der Waals surface area contributed by atoms with E-state index in [1.165, 1.54) is 62.5 Å². The number of benzene rings is 1. The van der Waals surface area contributed by atoms with E-state index in [1.54, 1.807) is 4.57 Å². The molecule has 1 aromatic carbocycles. The molecule has 0 radical (unpaired) electrons. The van der Waals surface area contributed by atoms with Crippen LogP contribution in [0.2, 0.25) is 0 Å². The lowest BCUT2D eigenvalue weighted by Crippen LogP contribution is -2.41. The van der Waals surface area contributed by atoms with Gasteiger partial charge in [0.05, 0.1) is 6.42 Å². The predicted octanol–water partition coefficient (Wildman–Crippen LogP) is 6.13. The first kappa shape index (κ1) is 20.4. The summed E-state index contributed by atoms with van der Waals surface area (Å²) in [7, 11) is 0. The van der Waals surface area contributed by atoms with E-state index in [-0.39, 0.29) is 5.91 Å². The van der Waals surface area contributed by atoms with Crippen LogP contribution in [0.4, 0.5) is 0 Å². The Balaban J connectivity index is 1.62. The number of aromatic nitrogens is 1. The molecule has 2 nitrogen and oxygen atoms in total. The molecule has 0 fully saturated rings. The van der Waals surface area contributed by atoms with Crippen molar-refractivity contribution in [2.75, 3.05) is 0 Å². The Labute approximate surface area is 159 Å². The highest BCUT2D eigenvalue weighted by Crippen LogP contribution is 2.11. The van der Waals surface area contributed by atoms with Crippen LogP contribution in [0.15, 0.2) is 54.9 Å². The van der Waals surface area contributed by atoms with Gasteiger partial charge in [-0.3, -0.25) is 0 Å². The van der Waals surface area contributed by atoms with Crippen molar-refractivity contribution in [2.45, 2.75) is 77.6 Å². The number of pyridine rings is 1. The van der Waals surface area contributed by atoms with E-state index in [2.05, 4.69) is 43.3 Å². The summed E-state index contributed by atoms with van der Waals surface area (Å²) in [6.45, 7) is 2.26. The van der Waals surface area contributed by atoms with Gasteiger partial charge in [-0.15, -0.1) is 4.57 Å². The van der Waals surface area contributed by atoms with Gasteiger partial charge in [0, 0.05) is 12.1 Å². The number of nitrogens with zero attached hydrogens (tertiary/aromatic N) is 1. The van der Waals surface area contributed by atoms with E-state index in [0.29, 0.717) is 6.42 Å². The average Bonchev–Trinajstić information content (AvgIpc) is 2.68. The lowest BCUT2D eigenvalue weighted by molar-refractivity contribution is -0.574. The molecule has 0 spiro atoms. The second-order valence-corrected chi connectivity index (χ2v) is 7.25. The van der Waals surface area contributed by atoms with Crippen molar-refractivity contribution in [3.8, 4) is 0 Å². The molecule has 26 heavy (non-hydrogen) atoms. The highest BCUT2D eigenvalue weighted by Gasteiger charge is 2.13. The van der Waals surface area contributed by atoms with Crippen LogP contribution >= 0.6 is 0 Å². The van der Waals surface area contributed by atoms with Crippen LogP contribution < -0.4 is 4.57 Å². The highest BCUT2D eigenvalue weighted by atomic mass is 16.1. The van der Waals surface area contributed by atoms with Gasteiger partial charge in [0.2, 0.25) is 0 Å². The molecule has 0 aliphatic heterocycles. The Hall–Kier alpha value is -1.96. The molecule has 0 atom stereocenters. The summed E-state index contributed by atoms with van der Waals surface area (Å²) in [4.78, 5) is 12.3.